The van der Waals surface area contributed by atoms with E-state index in [0.717, 1.165) is 51.4 Å². The van der Waals surface area contributed by atoms with Gasteiger partial charge >= 0.3 is 0 Å². The van der Waals surface area contributed by atoms with Crippen molar-refractivity contribution in [2.24, 2.45) is 23.2 Å². The van der Waals surface area contributed by atoms with Crippen LogP contribution in [0.2, 0.25) is 0 Å². The molecule has 0 bridgehead atoms. The van der Waals surface area contributed by atoms with Crippen LogP contribution >= 0.6 is 0 Å². The number of aliphatic hydroxyl groups is 3. The molecule has 5 unspecified atom stereocenters. The van der Waals surface area contributed by atoms with E-state index < -0.39 is 6.29 Å². The van der Waals surface area contributed by atoms with Gasteiger partial charge in [0.25, 0.3) is 0 Å². The highest BCUT2D eigenvalue weighted by Crippen LogP contribution is 2.58. The normalized spacial score (nSPS) is 36.9. The number of ether oxygens (including phenoxy) is 1. The Hall–Kier alpha value is -0.160. The summed E-state index contributed by atoms with van der Waals surface area (Å²) in [6.07, 6.45) is 12.7. The summed E-state index contributed by atoms with van der Waals surface area (Å²) in [4.78, 5) is 0. The van der Waals surface area contributed by atoms with Gasteiger partial charge in [0.1, 0.15) is 0 Å². The monoisotopic (exact) mass is 382 g/mol. The first-order valence-electron chi connectivity index (χ1n) is 11.6. The lowest BCUT2D eigenvalue weighted by Crippen LogP contribution is -2.38. The molecule has 3 aliphatic carbocycles. The van der Waals surface area contributed by atoms with Gasteiger partial charge in [-0.3, -0.25) is 0 Å². The molecule has 4 heteroatoms. The molecule has 0 aromatic rings. The summed E-state index contributed by atoms with van der Waals surface area (Å²) in [5.74, 6) is 1.56. The molecule has 0 saturated heterocycles. The van der Waals surface area contributed by atoms with E-state index in [1.54, 1.807) is 0 Å². The molecule has 27 heavy (non-hydrogen) atoms. The SMILES string of the molecule is CC(C)[C@@H]1CCC2(CC2)CC1OC(O)CCCCCC1CCC(O)CC1O. The average molecular weight is 383 g/mol. The van der Waals surface area contributed by atoms with Crippen LogP contribution in [-0.4, -0.2) is 39.9 Å². The lowest BCUT2D eigenvalue weighted by atomic mass is 9.73. The first-order valence-corrected chi connectivity index (χ1v) is 11.6. The Morgan fingerprint density at radius 3 is 2.44 bits per heavy atom. The number of hydrogen-bond acceptors (Lipinski definition) is 4. The molecule has 0 aliphatic heterocycles. The molecule has 3 N–H and O–H groups in total. The predicted molar refractivity (Wildman–Crippen MR) is 107 cm³/mol. The summed E-state index contributed by atoms with van der Waals surface area (Å²) in [5.41, 5.74) is 0.560. The summed E-state index contributed by atoms with van der Waals surface area (Å²) < 4.78 is 6.15. The zero-order chi connectivity index (χ0) is 19.4. The van der Waals surface area contributed by atoms with Crippen molar-refractivity contribution in [2.45, 2.75) is 122 Å². The Kier molecular flexibility index (Phi) is 7.63. The van der Waals surface area contributed by atoms with E-state index in [1.165, 1.54) is 25.7 Å². The molecule has 6 atom stereocenters. The Morgan fingerprint density at radius 1 is 1.00 bits per heavy atom. The average Bonchev–Trinajstić information content (AvgIpc) is 3.34. The molecule has 3 saturated carbocycles. The van der Waals surface area contributed by atoms with Crippen LogP contribution in [-0.2, 0) is 4.74 Å². The minimum Gasteiger partial charge on any atom is -0.393 e. The van der Waals surface area contributed by atoms with Crippen LogP contribution in [0.15, 0.2) is 0 Å². The highest BCUT2D eigenvalue weighted by Gasteiger charge is 2.49. The smallest absolute Gasteiger partial charge is 0.154 e. The van der Waals surface area contributed by atoms with Crippen molar-refractivity contribution in [3.05, 3.63) is 0 Å². The van der Waals surface area contributed by atoms with Gasteiger partial charge in [-0.15, -0.1) is 0 Å². The van der Waals surface area contributed by atoms with E-state index >= 15 is 0 Å². The van der Waals surface area contributed by atoms with E-state index in [9.17, 15) is 15.3 Å². The zero-order valence-corrected chi connectivity index (χ0v) is 17.5. The highest BCUT2D eigenvalue weighted by molar-refractivity contribution is 5.00. The lowest BCUT2D eigenvalue weighted by Gasteiger charge is -2.39. The Morgan fingerprint density at radius 2 is 1.78 bits per heavy atom. The van der Waals surface area contributed by atoms with Crippen LogP contribution in [0.5, 0.6) is 0 Å². The molecular weight excluding hydrogens is 340 g/mol. The minimum atomic E-state index is -0.624. The number of unbranched alkanes of at least 4 members (excludes halogenated alkanes) is 2. The van der Waals surface area contributed by atoms with Crippen molar-refractivity contribution in [3.8, 4) is 0 Å². The maximum atomic E-state index is 10.4. The second kappa shape index (κ2) is 9.56. The number of rotatable bonds is 9. The van der Waals surface area contributed by atoms with Gasteiger partial charge in [0.05, 0.1) is 18.3 Å². The van der Waals surface area contributed by atoms with E-state index in [2.05, 4.69) is 13.8 Å². The third-order valence-electron chi connectivity index (χ3n) is 7.72. The van der Waals surface area contributed by atoms with Gasteiger partial charge in [0.2, 0.25) is 0 Å². The first-order chi connectivity index (χ1) is 12.9. The van der Waals surface area contributed by atoms with Gasteiger partial charge in [-0.05, 0) is 93.8 Å². The van der Waals surface area contributed by atoms with Crippen LogP contribution in [0.3, 0.4) is 0 Å². The molecule has 0 aromatic heterocycles. The molecule has 0 amide bonds. The van der Waals surface area contributed by atoms with Crippen molar-refractivity contribution in [1.82, 2.24) is 0 Å². The Bertz CT molecular complexity index is 448. The van der Waals surface area contributed by atoms with Crippen molar-refractivity contribution in [2.75, 3.05) is 0 Å². The molecule has 0 radical (unpaired) electrons. The summed E-state index contributed by atoms with van der Waals surface area (Å²) in [6.45, 7) is 4.58. The Labute approximate surface area is 165 Å². The molecular formula is C23H42O4. The molecule has 3 fully saturated rings. The third-order valence-corrected chi connectivity index (χ3v) is 7.72. The second-order valence-electron chi connectivity index (χ2n) is 10.2. The summed E-state index contributed by atoms with van der Waals surface area (Å²) in [5, 5.41) is 30.1. The van der Waals surface area contributed by atoms with E-state index in [1.807, 2.05) is 0 Å². The van der Waals surface area contributed by atoms with Crippen LogP contribution in [0.4, 0.5) is 0 Å². The van der Waals surface area contributed by atoms with Crippen LogP contribution in [0.25, 0.3) is 0 Å². The van der Waals surface area contributed by atoms with Crippen molar-refractivity contribution in [1.29, 1.82) is 0 Å². The summed E-state index contributed by atoms with van der Waals surface area (Å²) >= 11 is 0. The quantitative estimate of drug-likeness (QED) is 0.408. The zero-order valence-electron chi connectivity index (χ0n) is 17.5. The van der Waals surface area contributed by atoms with E-state index in [0.29, 0.717) is 29.6 Å². The minimum absolute atomic E-state index is 0.236. The predicted octanol–water partition coefficient (Wildman–Crippen LogP) is 4.40. The fraction of sp³-hybridized carbons (Fsp3) is 1.00. The summed E-state index contributed by atoms with van der Waals surface area (Å²) in [7, 11) is 0. The first kappa shape index (κ1) is 21.5. The van der Waals surface area contributed by atoms with Gasteiger partial charge < -0.3 is 20.1 Å². The maximum Gasteiger partial charge on any atom is 0.154 e. The molecule has 1 spiro atoms. The Balaban J connectivity index is 1.31. The lowest BCUT2D eigenvalue weighted by molar-refractivity contribution is -0.174. The summed E-state index contributed by atoms with van der Waals surface area (Å²) in [6, 6.07) is 0. The van der Waals surface area contributed by atoms with Gasteiger partial charge in [0.15, 0.2) is 6.29 Å². The fourth-order valence-corrected chi connectivity index (χ4v) is 5.58. The molecule has 158 valence electrons. The van der Waals surface area contributed by atoms with Crippen LogP contribution < -0.4 is 0 Å². The maximum absolute atomic E-state index is 10.4. The molecule has 3 rings (SSSR count). The van der Waals surface area contributed by atoms with Crippen LogP contribution in [0, 0.1) is 23.2 Å². The third kappa shape index (κ3) is 6.16. The molecule has 0 aromatic carbocycles. The number of hydrogen-bond donors (Lipinski definition) is 3. The second-order valence-corrected chi connectivity index (χ2v) is 10.2. The van der Waals surface area contributed by atoms with Gasteiger partial charge in [-0.25, -0.2) is 0 Å². The molecule has 3 aliphatic rings. The van der Waals surface area contributed by atoms with Gasteiger partial charge in [-0.1, -0.05) is 26.7 Å². The molecule has 4 nitrogen and oxygen atoms in total. The number of aliphatic hydroxyl groups excluding tert-OH is 3. The van der Waals surface area contributed by atoms with E-state index in [-0.39, 0.29) is 18.3 Å². The van der Waals surface area contributed by atoms with E-state index in [4.69, 9.17) is 4.74 Å². The largest absolute Gasteiger partial charge is 0.393 e. The highest BCUT2D eigenvalue weighted by atomic mass is 16.6. The van der Waals surface area contributed by atoms with Crippen molar-refractivity contribution in [3.63, 3.8) is 0 Å². The van der Waals surface area contributed by atoms with Crippen LogP contribution in [0.1, 0.15) is 97.3 Å². The topological polar surface area (TPSA) is 69.9 Å². The fourth-order valence-electron chi connectivity index (χ4n) is 5.58. The van der Waals surface area contributed by atoms with Gasteiger partial charge in [0, 0.05) is 0 Å². The van der Waals surface area contributed by atoms with Crippen molar-refractivity contribution >= 4 is 0 Å². The molecule has 0 heterocycles. The van der Waals surface area contributed by atoms with Crippen molar-refractivity contribution < 1.29 is 20.1 Å². The van der Waals surface area contributed by atoms with Gasteiger partial charge in [-0.2, -0.15) is 0 Å². The standard InChI is InChI=1S/C23H42O4/c1-16(2)19-10-11-23(12-13-23)15-21(19)27-22(26)7-5-3-4-6-17-8-9-18(24)14-20(17)25/h16-22,24-26H,3-15H2,1-2H3/t17?,18?,19-,20?,21?,22?/m0/s1.